The molecule has 4 nitrogen and oxygen atoms in total. The zero-order chi connectivity index (χ0) is 9.97. The molecule has 78 valence electrons. The van der Waals surface area contributed by atoms with Crippen LogP contribution in [0.3, 0.4) is 0 Å². The highest BCUT2D eigenvalue weighted by molar-refractivity contribution is 4.93. The molecule has 1 aliphatic rings. The van der Waals surface area contributed by atoms with Gasteiger partial charge < -0.3 is 5.32 Å². The van der Waals surface area contributed by atoms with Crippen molar-refractivity contribution >= 4 is 0 Å². The van der Waals surface area contributed by atoms with Gasteiger partial charge in [0.2, 0.25) is 0 Å². The van der Waals surface area contributed by atoms with Crippen LogP contribution in [0.2, 0.25) is 0 Å². The van der Waals surface area contributed by atoms with Crippen molar-refractivity contribution in [2.24, 2.45) is 13.0 Å². The Balaban J connectivity index is 1.80. The quantitative estimate of drug-likeness (QED) is 0.783. The van der Waals surface area contributed by atoms with Gasteiger partial charge in [0.15, 0.2) is 0 Å². The van der Waals surface area contributed by atoms with Gasteiger partial charge in [0, 0.05) is 19.6 Å². The van der Waals surface area contributed by atoms with Crippen LogP contribution in [-0.2, 0) is 13.6 Å². The fourth-order valence-corrected chi connectivity index (χ4v) is 2.11. The van der Waals surface area contributed by atoms with Gasteiger partial charge in [-0.05, 0) is 25.2 Å². The smallest absolute Gasteiger partial charge is 0.0738 e. The molecule has 0 aromatic carbocycles. The van der Waals surface area contributed by atoms with E-state index >= 15 is 0 Å². The summed E-state index contributed by atoms with van der Waals surface area (Å²) in [5.74, 6) is 0.886. The van der Waals surface area contributed by atoms with E-state index in [9.17, 15) is 0 Å². The first-order chi connectivity index (χ1) is 6.75. The van der Waals surface area contributed by atoms with Crippen molar-refractivity contribution < 1.29 is 0 Å². The van der Waals surface area contributed by atoms with Crippen LogP contribution in [0.25, 0.3) is 0 Å². The molecule has 1 aliphatic carbocycles. The number of aromatic nitrogens is 3. The van der Waals surface area contributed by atoms with Crippen molar-refractivity contribution in [2.45, 2.75) is 38.8 Å². The molecule has 0 amide bonds. The summed E-state index contributed by atoms with van der Waals surface area (Å²) in [4.78, 5) is 0. The molecule has 1 aromatic rings. The van der Waals surface area contributed by atoms with Gasteiger partial charge in [0.05, 0.1) is 11.9 Å². The van der Waals surface area contributed by atoms with Crippen LogP contribution in [0.4, 0.5) is 0 Å². The summed E-state index contributed by atoms with van der Waals surface area (Å²) in [6, 6.07) is 0.694. The number of nitrogens with zero attached hydrogens (tertiary/aromatic N) is 3. The van der Waals surface area contributed by atoms with E-state index in [0.29, 0.717) is 6.04 Å². The monoisotopic (exact) mass is 194 g/mol. The Hall–Kier alpha value is -0.900. The SMILES string of the molecule is CC1CCC(NCc2cnnn2C)C1. The molecule has 0 spiro atoms. The lowest BCUT2D eigenvalue weighted by molar-refractivity contribution is 0.489. The number of rotatable bonds is 3. The van der Waals surface area contributed by atoms with Gasteiger partial charge in [-0.15, -0.1) is 5.10 Å². The van der Waals surface area contributed by atoms with Gasteiger partial charge in [0.25, 0.3) is 0 Å². The van der Waals surface area contributed by atoms with Crippen molar-refractivity contribution in [3.63, 3.8) is 0 Å². The molecule has 14 heavy (non-hydrogen) atoms. The molecule has 2 atom stereocenters. The third kappa shape index (κ3) is 2.12. The van der Waals surface area contributed by atoms with Crippen molar-refractivity contribution in [2.75, 3.05) is 0 Å². The van der Waals surface area contributed by atoms with Crippen LogP contribution in [0, 0.1) is 5.92 Å². The second-order valence-electron chi connectivity index (χ2n) is 4.35. The lowest BCUT2D eigenvalue weighted by Gasteiger charge is -2.11. The van der Waals surface area contributed by atoms with E-state index in [1.165, 1.54) is 19.3 Å². The Labute approximate surface area is 84.7 Å². The zero-order valence-electron chi connectivity index (χ0n) is 8.90. The lowest BCUT2D eigenvalue weighted by Crippen LogP contribution is -2.26. The molecule has 0 bridgehead atoms. The van der Waals surface area contributed by atoms with Crippen LogP contribution in [0.1, 0.15) is 31.9 Å². The van der Waals surface area contributed by atoms with E-state index in [2.05, 4.69) is 22.6 Å². The van der Waals surface area contributed by atoms with Gasteiger partial charge in [-0.3, -0.25) is 4.68 Å². The minimum absolute atomic E-state index is 0.694. The Morgan fingerprint density at radius 3 is 3.00 bits per heavy atom. The molecule has 2 rings (SSSR count). The molecule has 1 saturated carbocycles. The summed E-state index contributed by atoms with van der Waals surface area (Å²) < 4.78 is 1.82. The number of nitrogens with one attached hydrogen (secondary N) is 1. The van der Waals surface area contributed by atoms with Crippen molar-refractivity contribution in [3.8, 4) is 0 Å². The first-order valence-corrected chi connectivity index (χ1v) is 5.32. The molecule has 1 fully saturated rings. The number of hydrogen-bond acceptors (Lipinski definition) is 3. The van der Waals surface area contributed by atoms with E-state index in [1.807, 2.05) is 17.9 Å². The second-order valence-corrected chi connectivity index (χ2v) is 4.35. The van der Waals surface area contributed by atoms with Crippen molar-refractivity contribution in [1.82, 2.24) is 20.3 Å². The van der Waals surface area contributed by atoms with Gasteiger partial charge in [-0.2, -0.15) is 0 Å². The fourth-order valence-electron chi connectivity index (χ4n) is 2.11. The predicted octanol–water partition coefficient (Wildman–Crippen LogP) is 1.09. The van der Waals surface area contributed by atoms with Crippen molar-refractivity contribution in [1.29, 1.82) is 0 Å². The average Bonchev–Trinajstić information content (AvgIpc) is 2.72. The van der Waals surface area contributed by atoms with E-state index in [1.54, 1.807) is 0 Å². The molecule has 0 aliphatic heterocycles. The second kappa shape index (κ2) is 4.09. The molecular weight excluding hydrogens is 176 g/mol. The van der Waals surface area contributed by atoms with Crippen LogP contribution in [0.5, 0.6) is 0 Å². The molecule has 0 saturated heterocycles. The minimum atomic E-state index is 0.694. The summed E-state index contributed by atoms with van der Waals surface area (Å²) in [6.45, 7) is 3.22. The van der Waals surface area contributed by atoms with E-state index < -0.39 is 0 Å². The minimum Gasteiger partial charge on any atom is -0.308 e. The highest BCUT2D eigenvalue weighted by atomic mass is 15.4. The molecular formula is C10H18N4. The highest BCUT2D eigenvalue weighted by Crippen LogP contribution is 2.24. The number of aryl methyl sites for hydroxylation is 1. The number of hydrogen-bond donors (Lipinski definition) is 1. The molecule has 2 unspecified atom stereocenters. The standard InChI is InChI=1S/C10H18N4/c1-8-3-4-9(5-8)11-6-10-7-12-13-14(10)2/h7-9,11H,3-6H2,1-2H3. The lowest BCUT2D eigenvalue weighted by atomic mass is 10.1. The Kier molecular flexibility index (Phi) is 2.82. The molecule has 1 aromatic heterocycles. The Bertz CT molecular complexity index is 294. The van der Waals surface area contributed by atoms with Gasteiger partial charge in [0.1, 0.15) is 0 Å². The molecule has 0 radical (unpaired) electrons. The van der Waals surface area contributed by atoms with Gasteiger partial charge in [-0.1, -0.05) is 12.1 Å². The third-order valence-electron chi connectivity index (χ3n) is 3.07. The first-order valence-electron chi connectivity index (χ1n) is 5.32. The van der Waals surface area contributed by atoms with E-state index in [0.717, 1.165) is 18.2 Å². The predicted molar refractivity (Wildman–Crippen MR) is 54.6 cm³/mol. The van der Waals surface area contributed by atoms with Crippen LogP contribution in [0.15, 0.2) is 6.20 Å². The topological polar surface area (TPSA) is 42.7 Å². The summed E-state index contributed by atoms with van der Waals surface area (Å²) in [7, 11) is 1.93. The van der Waals surface area contributed by atoms with Crippen LogP contribution < -0.4 is 5.32 Å². The zero-order valence-corrected chi connectivity index (χ0v) is 8.90. The Morgan fingerprint density at radius 1 is 1.57 bits per heavy atom. The highest BCUT2D eigenvalue weighted by Gasteiger charge is 2.20. The van der Waals surface area contributed by atoms with Crippen LogP contribution >= 0.6 is 0 Å². The summed E-state index contributed by atoms with van der Waals surface area (Å²) in [5, 5.41) is 11.3. The van der Waals surface area contributed by atoms with Crippen molar-refractivity contribution in [3.05, 3.63) is 11.9 Å². The Morgan fingerprint density at radius 2 is 2.43 bits per heavy atom. The molecule has 4 heteroatoms. The summed E-state index contributed by atoms with van der Waals surface area (Å²) in [5.41, 5.74) is 1.16. The van der Waals surface area contributed by atoms with E-state index in [4.69, 9.17) is 0 Å². The average molecular weight is 194 g/mol. The fraction of sp³-hybridized carbons (Fsp3) is 0.800. The molecule has 1 heterocycles. The summed E-state index contributed by atoms with van der Waals surface area (Å²) in [6.07, 6.45) is 5.81. The normalized spacial score (nSPS) is 27.0. The van der Waals surface area contributed by atoms with Crippen LogP contribution in [-0.4, -0.2) is 21.0 Å². The first kappa shape index (κ1) is 9.65. The van der Waals surface area contributed by atoms with Gasteiger partial charge in [-0.25, -0.2) is 0 Å². The van der Waals surface area contributed by atoms with E-state index in [-0.39, 0.29) is 0 Å². The van der Waals surface area contributed by atoms with Gasteiger partial charge >= 0.3 is 0 Å². The third-order valence-corrected chi connectivity index (χ3v) is 3.07. The maximum Gasteiger partial charge on any atom is 0.0738 e. The maximum atomic E-state index is 3.90. The maximum absolute atomic E-state index is 3.90. The summed E-state index contributed by atoms with van der Waals surface area (Å²) >= 11 is 0. The largest absolute Gasteiger partial charge is 0.308 e. The molecule has 1 N–H and O–H groups in total.